The molecular formula is C18H30N2. The molecule has 0 spiro atoms. The van der Waals surface area contributed by atoms with E-state index in [1.54, 1.807) is 0 Å². The third kappa shape index (κ3) is 3.35. The molecule has 2 heteroatoms. The number of benzene rings is 1. The second-order valence-electron chi connectivity index (χ2n) is 6.28. The molecule has 3 unspecified atom stereocenters. The topological polar surface area (TPSA) is 29.3 Å². The van der Waals surface area contributed by atoms with Gasteiger partial charge in [0.2, 0.25) is 0 Å². The monoisotopic (exact) mass is 274 g/mol. The van der Waals surface area contributed by atoms with Crippen molar-refractivity contribution in [2.24, 2.45) is 17.6 Å². The van der Waals surface area contributed by atoms with Gasteiger partial charge in [0, 0.05) is 18.3 Å². The summed E-state index contributed by atoms with van der Waals surface area (Å²) in [4.78, 5) is 2.59. The zero-order valence-electron chi connectivity index (χ0n) is 13.3. The van der Waals surface area contributed by atoms with Gasteiger partial charge in [-0.25, -0.2) is 0 Å². The molecule has 0 bridgehead atoms. The minimum atomic E-state index is 0.616. The van der Waals surface area contributed by atoms with Crippen LogP contribution in [0.4, 0.5) is 5.69 Å². The first kappa shape index (κ1) is 15.4. The van der Waals surface area contributed by atoms with E-state index in [1.807, 2.05) is 0 Å². The number of anilines is 1. The van der Waals surface area contributed by atoms with Gasteiger partial charge in [-0.2, -0.15) is 0 Å². The molecule has 0 saturated heterocycles. The van der Waals surface area contributed by atoms with Gasteiger partial charge >= 0.3 is 0 Å². The number of rotatable bonds is 5. The summed E-state index contributed by atoms with van der Waals surface area (Å²) >= 11 is 0. The van der Waals surface area contributed by atoms with Gasteiger partial charge in [-0.15, -0.1) is 0 Å². The van der Waals surface area contributed by atoms with E-state index in [2.05, 4.69) is 49.9 Å². The quantitative estimate of drug-likeness (QED) is 0.880. The molecule has 1 fully saturated rings. The first-order valence-electron chi connectivity index (χ1n) is 8.22. The standard InChI is InChI=1S/C18H30N2/c1-4-15-9-10-16(13-19)18(12-15)20(5-2)17-8-6-7-14(3)11-17/h6-8,11,15-16,18H,4-5,9-10,12-13,19H2,1-3H3. The summed E-state index contributed by atoms with van der Waals surface area (Å²) in [6, 6.07) is 9.52. The Morgan fingerprint density at radius 3 is 2.65 bits per heavy atom. The first-order chi connectivity index (χ1) is 9.69. The zero-order chi connectivity index (χ0) is 14.5. The Morgan fingerprint density at radius 2 is 2.05 bits per heavy atom. The summed E-state index contributed by atoms with van der Waals surface area (Å²) in [5, 5.41) is 0. The summed E-state index contributed by atoms with van der Waals surface area (Å²) < 4.78 is 0. The fourth-order valence-electron chi connectivity index (χ4n) is 3.74. The van der Waals surface area contributed by atoms with Crippen LogP contribution in [0.3, 0.4) is 0 Å². The maximum absolute atomic E-state index is 6.05. The van der Waals surface area contributed by atoms with Crippen LogP contribution in [0.2, 0.25) is 0 Å². The Morgan fingerprint density at radius 1 is 1.25 bits per heavy atom. The van der Waals surface area contributed by atoms with Crippen molar-refractivity contribution >= 4 is 5.69 Å². The Balaban J connectivity index is 2.23. The van der Waals surface area contributed by atoms with Gasteiger partial charge in [0.1, 0.15) is 0 Å². The van der Waals surface area contributed by atoms with Crippen molar-refractivity contribution in [1.29, 1.82) is 0 Å². The van der Waals surface area contributed by atoms with Crippen molar-refractivity contribution in [1.82, 2.24) is 0 Å². The van der Waals surface area contributed by atoms with E-state index in [4.69, 9.17) is 5.73 Å². The number of hydrogen-bond donors (Lipinski definition) is 1. The Hall–Kier alpha value is -1.02. The summed E-state index contributed by atoms with van der Waals surface area (Å²) in [5.74, 6) is 1.53. The molecule has 1 aromatic carbocycles. The van der Waals surface area contributed by atoms with E-state index in [9.17, 15) is 0 Å². The highest BCUT2D eigenvalue weighted by molar-refractivity contribution is 5.49. The lowest BCUT2D eigenvalue weighted by Gasteiger charge is -2.43. The van der Waals surface area contributed by atoms with E-state index < -0.39 is 0 Å². The van der Waals surface area contributed by atoms with Crippen molar-refractivity contribution in [3.8, 4) is 0 Å². The highest BCUT2D eigenvalue weighted by atomic mass is 15.2. The van der Waals surface area contributed by atoms with Crippen molar-refractivity contribution in [3.63, 3.8) is 0 Å². The molecule has 3 atom stereocenters. The third-order valence-corrected chi connectivity index (χ3v) is 5.02. The van der Waals surface area contributed by atoms with Crippen LogP contribution in [-0.2, 0) is 0 Å². The van der Waals surface area contributed by atoms with Crippen molar-refractivity contribution < 1.29 is 0 Å². The van der Waals surface area contributed by atoms with Crippen LogP contribution in [0.15, 0.2) is 24.3 Å². The van der Waals surface area contributed by atoms with Crippen molar-refractivity contribution in [2.75, 3.05) is 18.0 Å². The third-order valence-electron chi connectivity index (χ3n) is 5.02. The molecule has 2 N–H and O–H groups in total. The SMILES string of the molecule is CCC1CCC(CN)C(N(CC)c2cccc(C)c2)C1. The molecule has 112 valence electrons. The molecule has 1 aliphatic carbocycles. The predicted molar refractivity (Wildman–Crippen MR) is 88.2 cm³/mol. The Labute approximate surface area is 124 Å². The maximum Gasteiger partial charge on any atom is 0.0371 e. The minimum Gasteiger partial charge on any atom is -0.368 e. The Bertz CT molecular complexity index is 416. The molecule has 0 heterocycles. The van der Waals surface area contributed by atoms with Gasteiger partial charge < -0.3 is 10.6 Å². The number of hydrogen-bond acceptors (Lipinski definition) is 2. The molecule has 2 rings (SSSR count). The van der Waals surface area contributed by atoms with E-state index in [1.165, 1.54) is 36.9 Å². The van der Waals surface area contributed by atoms with Crippen LogP contribution in [0.5, 0.6) is 0 Å². The normalized spacial score (nSPS) is 26.5. The molecule has 1 saturated carbocycles. The lowest BCUT2D eigenvalue weighted by atomic mass is 9.76. The van der Waals surface area contributed by atoms with Gasteiger partial charge in [-0.05, 0) is 69.2 Å². The Kier molecular flexibility index (Phi) is 5.47. The first-order valence-corrected chi connectivity index (χ1v) is 8.22. The average Bonchev–Trinajstić information content (AvgIpc) is 2.48. The average molecular weight is 274 g/mol. The molecule has 0 radical (unpaired) electrons. The van der Waals surface area contributed by atoms with Crippen LogP contribution in [0.1, 0.15) is 45.1 Å². The number of aryl methyl sites for hydroxylation is 1. The van der Waals surface area contributed by atoms with Gasteiger partial charge in [0.15, 0.2) is 0 Å². The summed E-state index contributed by atoms with van der Waals surface area (Å²) in [6.45, 7) is 8.66. The maximum atomic E-state index is 6.05. The second kappa shape index (κ2) is 7.12. The molecule has 0 aromatic heterocycles. The van der Waals surface area contributed by atoms with Crippen LogP contribution >= 0.6 is 0 Å². The molecule has 0 aliphatic heterocycles. The molecule has 0 amide bonds. The van der Waals surface area contributed by atoms with Crippen LogP contribution in [0, 0.1) is 18.8 Å². The molecule has 20 heavy (non-hydrogen) atoms. The molecule has 1 aromatic rings. The predicted octanol–water partition coefficient (Wildman–Crippen LogP) is 3.97. The molecule has 1 aliphatic rings. The fraction of sp³-hybridized carbons (Fsp3) is 0.667. The van der Waals surface area contributed by atoms with Crippen LogP contribution in [-0.4, -0.2) is 19.1 Å². The van der Waals surface area contributed by atoms with E-state index in [-0.39, 0.29) is 0 Å². The second-order valence-corrected chi connectivity index (χ2v) is 6.28. The smallest absolute Gasteiger partial charge is 0.0371 e. The summed E-state index contributed by atoms with van der Waals surface area (Å²) in [6.07, 6.45) is 5.27. The van der Waals surface area contributed by atoms with Gasteiger partial charge in [-0.1, -0.05) is 25.5 Å². The summed E-state index contributed by atoms with van der Waals surface area (Å²) in [5.41, 5.74) is 8.76. The van der Waals surface area contributed by atoms with Crippen LogP contribution < -0.4 is 10.6 Å². The van der Waals surface area contributed by atoms with E-state index in [0.29, 0.717) is 12.0 Å². The number of nitrogens with zero attached hydrogens (tertiary/aromatic N) is 1. The minimum absolute atomic E-state index is 0.616. The highest BCUT2D eigenvalue weighted by Gasteiger charge is 2.32. The lowest BCUT2D eigenvalue weighted by Crippen LogP contribution is -2.47. The molecule has 2 nitrogen and oxygen atoms in total. The van der Waals surface area contributed by atoms with Gasteiger partial charge in [0.05, 0.1) is 0 Å². The lowest BCUT2D eigenvalue weighted by molar-refractivity contribution is 0.228. The largest absolute Gasteiger partial charge is 0.368 e. The van der Waals surface area contributed by atoms with Gasteiger partial charge in [-0.3, -0.25) is 0 Å². The van der Waals surface area contributed by atoms with Crippen molar-refractivity contribution in [2.45, 2.75) is 52.5 Å². The fourth-order valence-corrected chi connectivity index (χ4v) is 3.74. The van der Waals surface area contributed by atoms with Crippen LogP contribution in [0.25, 0.3) is 0 Å². The van der Waals surface area contributed by atoms with E-state index in [0.717, 1.165) is 19.0 Å². The molecular weight excluding hydrogens is 244 g/mol. The highest BCUT2D eigenvalue weighted by Crippen LogP contribution is 2.35. The van der Waals surface area contributed by atoms with Crippen molar-refractivity contribution in [3.05, 3.63) is 29.8 Å². The van der Waals surface area contributed by atoms with E-state index >= 15 is 0 Å². The van der Waals surface area contributed by atoms with Gasteiger partial charge in [0.25, 0.3) is 0 Å². The zero-order valence-corrected chi connectivity index (χ0v) is 13.3. The summed E-state index contributed by atoms with van der Waals surface area (Å²) in [7, 11) is 0. The number of nitrogens with two attached hydrogens (primary N) is 1.